The maximum absolute atomic E-state index is 11.2. The number of imidazole rings is 1. The van der Waals surface area contributed by atoms with Crippen molar-refractivity contribution >= 4 is 11.6 Å². The van der Waals surface area contributed by atoms with Gasteiger partial charge in [-0.15, -0.1) is 0 Å². The van der Waals surface area contributed by atoms with Gasteiger partial charge in [-0.25, -0.2) is 4.98 Å². The molecule has 0 radical (unpaired) electrons. The Labute approximate surface area is 207 Å². The maximum Gasteiger partial charge on any atom is 0.138 e. The van der Waals surface area contributed by atoms with E-state index in [1.54, 1.807) is 0 Å². The van der Waals surface area contributed by atoms with E-state index >= 15 is 0 Å². The van der Waals surface area contributed by atoms with Gasteiger partial charge in [0.2, 0.25) is 0 Å². The molecular formula is C27H34ClN3O3. The number of β-amino-alcohol motifs (C(OH)–C–C–N with tert-alkyl or cyclic N) is 1. The van der Waals surface area contributed by atoms with Crippen molar-refractivity contribution in [3.8, 4) is 11.5 Å². The van der Waals surface area contributed by atoms with E-state index in [2.05, 4.69) is 26.6 Å². The van der Waals surface area contributed by atoms with Crippen molar-refractivity contribution in [3.05, 3.63) is 76.8 Å². The summed E-state index contributed by atoms with van der Waals surface area (Å²) in [4.78, 5) is 6.53. The molecular weight excluding hydrogens is 450 g/mol. The first kappa shape index (κ1) is 24.6. The highest BCUT2D eigenvalue weighted by molar-refractivity contribution is 6.32. The SMILES string of the molecule is Cc1ccc(Cl)c(OCC2(O)CCCN(Cc3ccc(OCCCn4ccnc4C)cc3)C2)c1. The van der Waals surface area contributed by atoms with Gasteiger partial charge >= 0.3 is 0 Å². The summed E-state index contributed by atoms with van der Waals surface area (Å²) in [5.74, 6) is 2.53. The van der Waals surface area contributed by atoms with E-state index in [-0.39, 0.29) is 6.61 Å². The Kier molecular flexibility index (Phi) is 8.14. The monoisotopic (exact) mass is 483 g/mol. The van der Waals surface area contributed by atoms with Crippen molar-refractivity contribution in [1.29, 1.82) is 0 Å². The highest BCUT2D eigenvalue weighted by Crippen LogP contribution is 2.29. The zero-order valence-corrected chi connectivity index (χ0v) is 20.8. The quantitative estimate of drug-likeness (QED) is 0.410. The number of benzene rings is 2. The van der Waals surface area contributed by atoms with Crippen molar-refractivity contribution in [3.63, 3.8) is 0 Å². The summed E-state index contributed by atoms with van der Waals surface area (Å²) in [6.45, 7) is 8.13. The van der Waals surface area contributed by atoms with Gasteiger partial charge in [0.1, 0.15) is 29.5 Å². The van der Waals surface area contributed by atoms with Crippen LogP contribution in [-0.4, -0.2) is 51.5 Å². The van der Waals surface area contributed by atoms with Gasteiger partial charge in [-0.2, -0.15) is 0 Å². The number of hydrogen-bond acceptors (Lipinski definition) is 5. The molecule has 1 unspecified atom stereocenters. The molecule has 1 aliphatic rings. The van der Waals surface area contributed by atoms with Gasteiger partial charge in [0, 0.05) is 32.0 Å². The van der Waals surface area contributed by atoms with Crippen molar-refractivity contribution < 1.29 is 14.6 Å². The van der Waals surface area contributed by atoms with Crippen LogP contribution in [-0.2, 0) is 13.1 Å². The zero-order chi connectivity index (χ0) is 24.0. The van der Waals surface area contributed by atoms with Crippen molar-refractivity contribution in [2.24, 2.45) is 0 Å². The smallest absolute Gasteiger partial charge is 0.138 e. The average molecular weight is 484 g/mol. The molecule has 1 aliphatic heterocycles. The van der Waals surface area contributed by atoms with E-state index in [9.17, 15) is 5.11 Å². The second-order valence-corrected chi connectivity index (χ2v) is 9.68. The lowest BCUT2D eigenvalue weighted by atomic mass is 9.93. The van der Waals surface area contributed by atoms with Gasteiger partial charge in [0.05, 0.1) is 11.6 Å². The van der Waals surface area contributed by atoms with Crippen molar-refractivity contribution in [2.45, 2.75) is 51.8 Å². The third-order valence-electron chi connectivity index (χ3n) is 6.28. The van der Waals surface area contributed by atoms with Gasteiger partial charge < -0.3 is 19.1 Å². The number of halogens is 1. The van der Waals surface area contributed by atoms with E-state index in [1.165, 1.54) is 5.56 Å². The molecule has 0 saturated carbocycles. The molecule has 2 aromatic carbocycles. The molecule has 7 heteroatoms. The summed E-state index contributed by atoms with van der Waals surface area (Å²) in [6, 6.07) is 13.9. The third-order valence-corrected chi connectivity index (χ3v) is 6.59. The van der Waals surface area contributed by atoms with Crippen LogP contribution in [0.3, 0.4) is 0 Å². The van der Waals surface area contributed by atoms with Gasteiger partial charge in [0.15, 0.2) is 0 Å². The van der Waals surface area contributed by atoms with E-state index < -0.39 is 5.60 Å². The molecule has 1 aromatic heterocycles. The molecule has 2 heterocycles. The lowest BCUT2D eigenvalue weighted by Gasteiger charge is -2.39. The molecule has 0 bridgehead atoms. The highest BCUT2D eigenvalue weighted by Gasteiger charge is 2.34. The Hall–Kier alpha value is -2.54. The molecule has 34 heavy (non-hydrogen) atoms. The second kappa shape index (κ2) is 11.3. The Morgan fingerprint density at radius 2 is 1.94 bits per heavy atom. The summed E-state index contributed by atoms with van der Waals surface area (Å²) >= 11 is 6.25. The average Bonchev–Trinajstić information content (AvgIpc) is 3.23. The minimum Gasteiger partial charge on any atom is -0.494 e. The number of nitrogens with zero attached hydrogens (tertiary/aromatic N) is 3. The molecule has 0 amide bonds. The molecule has 4 rings (SSSR count). The first-order valence-corrected chi connectivity index (χ1v) is 12.3. The second-order valence-electron chi connectivity index (χ2n) is 9.27. The molecule has 1 saturated heterocycles. The standard InChI is InChI=1S/C27H34ClN3O3/c1-21-5-10-25(28)26(17-21)34-20-27(32)11-3-13-30(19-27)18-23-6-8-24(9-7-23)33-16-4-14-31-15-12-29-22(31)2/h5-10,12,15,17,32H,3-4,11,13-14,16,18-20H2,1-2H3. The summed E-state index contributed by atoms with van der Waals surface area (Å²) in [7, 11) is 0. The number of ether oxygens (including phenoxy) is 2. The maximum atomic E-state index is 11.2. The molecule has 6 nitrogen and oxygen atoms in total. The van der Waals surface area contributed by atoms with Gasteiger partial charge in [-0.1, -0.05) is 29.8 Å². The summed E-state index contributed by atoms with van der Waals surface area (Å²) in [5, 5.41) is 11.7. The molecule has 1 N–H and O–H groups in total. The van der Waals surface area contributed by atoms with Crippen LogP contribution in [0.2, 0.25) is 5.02 Å². The first-order valence-electron chi connectivity index (χ1n) is 11.9. The Balaban J connectivity index is 1.23. The summed E-state index contributed by atoms with van der Waals surface area (Å²) in [6.07, 6.45) is 6.40. The summed E-state index contributed by atoms with van der Waals surface area (Å²) in [5.41, 5.74) is 1.40. The van der Waals surface area contributed by atoms with Crippen LogP contribution < -0.4 is 9.47 Å². The van der Waals surface area contributed by atoms with Crippen LogP contribution in [0.25, 0.3) is 0 Å². The van der Waals surface area contributed by atoms with Crippen molar-refractivity contribution in [2.75, 3.05) is 26.3 Å². The molecule has 1 fully saturated rings. The van der Waals surface area contributed by atoms with Crippen LogP contribution in [0.5, 0.6) is 11.5 Å². The molecule has 0 aliphatic carbocycles. The van der Waals surface area contributed by atoms with Gasteiger partial charge in [0.25, 0.3) is 0 Å². The largest absolute Gasteiger partial charge is 0.494 e. The van der Waals surface area contributed by atoms with Crippen LogP contribution >= 0.6 is 11.6 Å². The predicted molar refractivity (Wildman–Crippen MR) is 135 cm³/mol. The lowest BCUT2D eigenvalue weighted by Crippen LogP contribution is -2.51. The van der Waals surface area contributed by atoms with Crippen LogP contribution in [0, 0.1) is 13.8 Å². The number of aliphatic hydroxyl groups is 1. The van der Waals surface area contributed by atoms with E-state index in [0.29, 0.717) is 23.9 Å². The predicted octanol–water partition coefficient (Wildman–Crippen LogP) is 5.03. The molecule has 0 spiro atoms. The first-order chi connectivity index (χ1) is 16.4. The molecule has 182 valence electrons. The van der Waals surface area contributed by atoms with Crippen LogP contribution in [0.4, 0.5) is 0 Å². The summed E-state index contributed by atoms with van der Waals surface area (Å²) < 4.78 is 14.0. The topological polar surface area (TPSA) is 59.8 Å². The normalized spacial score (nSPS) is 18.7. The van der Waals surface area contributed by atoms with E-state index in [0.717, 1.165) is 56.0 Å². The fraction of sp³-hybridized carbons (Fsp3) is 0.444. The number of likely N-dealkylation sites (tertiary alicyclic amines) is 1. The number of piperidine rings is 1. The van der Waals surface area contributed by atoms with Crippen LogP contribution in [0.1, 0.15) is 36.2 Å². The lowest BCUT2D eigenvalue weighted by molar-refractivity contribution is -0.0620. The number of aromatic nitrogens is 2. The Bertz CT molecular complexity index is 1070. The molecule has 1 atom stereocenters. The van der Waals surface area contributed by atoms with E-state index in [4.69, 9.17) is 21.1 Å². The number of hydrogen-bond donors (Lipinski definition) is 1. The molecule has 3 aromatic rings. The fourth-order valence-corrected chi connectivity index (χ4v) is 4.58. The van der Waals surface area contributed by atoms with Crippen LogP contribution in [0.15, 0.2) is 54.9 Å². The van der Waals surface area contributed by atoms with Crippen molar-refractivity contribution in [1.82, 2.24) is 14.5 Å². The minimum absolute atomic E-state index is 0.234. The van der Waals surface area contributed by atoms with E-state index in [1.807, 2.05) is 56.6 Å². The fourth-order valence-electron chi connectivity index (χ4n) is 4.41. The number of rotatable bonds is 10. The highest BCUT2D eigenvalue weighted by atomic mass is 35.5. The zero-order valence-electron chi connectivity index (χ0n) is 20.0. The van der Waals surface area contributed by atoms with Gasteiger partial charge in [-0.05, 0) is 75.0 Å². The Morgan fingerprint density at radius 3 is 2.71 bits per heavy atom. The number of aryl methyl sites for hydroxylation is 3. The minimum atomic E-state index is -0.887. The third kappa shape index (κ3) is 6.75. The Morgan fingerprint density at radius 1 is 1.12 bits per heavy atom. The van der Waals surface area contributed by atoms with Gasteiger partial charge in [-0.3, -0.25) is 4.90 Å².